The number of benzene rings is 3. The maximum atomic E-state index is 10.3. The summed E-state index contributed by atoms with van der Waals surface area (Å²) in [5.74, 6) is 0. The van der Waals surface area contributed by atoms with E-state index in [9.17, 15) is 10.2 Å². The van der Waals surface area contributed by atoms with Crippen molar-refractivity contribution in [1.29, 1.82) is 0 Å². The smallest absolute Gasteiger partial charge is 0.0753 e. The Labute approximate surface area is 252 Å². The second kappa shape index (κ2) is 10.2. The van der Waals surface area contributed by atoms with Crippen molar-refractivity contribution in [3.63, 3.8) is 0 Å². The van der Waals surface area contributed by atoms with Gasteiger partial charge in [0.1, 0.15) is 0 Å². The number of rotatable bonds is 8. The minimum Gasteiger partial charge on any atom is -0.396 e. The average Bonchev–Trinajstić information content (AvgIpc) is 3.47. The zero-order chi connectivity index (χ0) is 29.0. The monoisotopic (exact) mass is 564 g/mol. The van der Waals surface area contributed by atoms with E-state index in [0.717, 1.165) is 35.9 Å². The summed E-state index contributed by atoms with van der Waals surface area (Å²) in [6.45, 7) is 0.281. The number of allylic oxidation sites excluding steroid dienone is 4. The van der Waals surface area contributed by atoms with Crippen LogP contribution in [0.4, 0.5) is 0 Å². The Kier molecular flexibility index (Phi) is 6.25. The summed E-state index contributed by atoms with van der Waals surface area (Å²) < 4.78 is 0. The second-order valence-electron chi connectivity index (χ2n) is 12.5. The number of hydrogen-bond donors (Lipinski definition) is 3. The molecule has 0 bridgehead atoms. The molecule has 4 nitrogen and oxygen atoms in total. The zero-order valence-electron chi connectivity index (χ0n) is 24.3. The lowest BCUT2D eigenvalue weighted by Crippen LogP contribution is -2.40. The van der Waals surface area contributed by atoms with Crippen molar-refractivity contribution < 1.29 is 10.2 Å². The molecule has 214 valence electrons. The summed E-state index contributed by atoms with van der Waals surface area (Å²) >= 11 is 0. The van der Waals surface area contributed by atoms with Gasteiger partial charge >= 0.3 is 0 Å². The normalized spacial score (nSPS) is 24.2. The van der Waals surface area contributed by atoms with E-state index < -0.39 is 0 Å². The van der Waals surface area contributed by atoms with Crippen LogP contribution >= 0.6 is 0 Å². The zero-order valence-corrected chi connectivity index (χ0v) is 24.3. The van der Waals surface area contributed by atoms with Gasteiger partial charge in [0.05, 0.1) is 17.3 Å². The van der Waals surface area contributed by atoms with Crippen molar-refractivity contribution in [1.82, 2.24) is 10.3 Å². The third-order valence-electron chi connectivity index (χ3n) is 10.2. The average molecular weight is 565 g/mol. The van der Waals surface area contributed by atoms with Gasteiger partial charge in [-0.1, -0.05) is 97.1 Å². The number of aliphatic hydroxyl groups excluding tert-OH is 2. The first-order valence-electron chi connectivity index (χ1n) is 15.6. The highest BCUT2D eigenvalue weighted by molar-refractivity contribution is 5.89. The molecule has 0 amide bonds. The van der Waals surface area contributed by atoms with E-state index in [4.69, 9.17) is 4.98 Å². The molecule has 4 heteroatoms. The van der Waals surface area contributed by atoms with E-state index in [1.165, 1.54) is 44.7 Å². The van der Waals surface area contributed by atoms with Gasteiger partial charge in [0, 0.05) is 46.3 Å². The number of hydrogen-bond acceptors (Lipinski definition) is 4. The van der Waals surface area contributed by atoms with Crippen LogP contribution in [0, 0.1) is 0 Å². The molecule has 0 saturated carbocycles. The minimum atomic E-state index is -0.367. The molecule has 3 aromatic carbocycles. The van der Waals surface area contributed by atoms with Gasteiger partial charge in [0.15, 0.2) is 0 Å². The number of para-hydroxylation sites is 1. The molecule has 2 heterocycles. The van der Waals surface area contributed by atoms with Crippen LogP contribution in [0.3, 0.4) is 0 Å². The van der Waals surface area contributed by atoms with Gasteiger partial charge < -0.3 is 15.5 Å². The predicted octanol–water partition coefficient (Wildman–Crippen LogP) is 7.12. The molecular weight excluding hydrogens is 528 g/mol. The lowest BCUT2D eigenvalue weighted by Gasteiger charge is -2.44. The quantitative estimate of drug-likeness (QED) is 0.213. The fourth-order valence-electron chi connectivity index (χ4n) is 8.47. The molecule has 3 unspecified atom stereocenters. The van der Waals surface area contributed by atoms with Gasteiger partial charge in [-0.15, -0.1) is 0 Å². The molecule has 3 aliphatic carbocycles. The highest BCUT2D eigenvalue weighted by atomic mass is 16.3. The Bertz CT molecular complexity index is 1880. The van der Waals surface area contributed by atoms with Crippen LogP contribution in [-0.4, -0.2) is 34.5 Å². The van der Waals surface area contributed by atoms with E-state index in [-0.39, 0.29) is 30.1 Å². The minimum absolute atomic E-state index is 0.138. The molecule has 1 aliphatic heterocycles. The molecule has 43 heavy (non-hydrogen) atoms. The number of pyridine rings is 1. The van der Waals surface area contributed by atoms with E-state index in [0.29, 0.717) is 12.8 Å². The largest absolute Gasteiger partial charge is 0.396 e. The summed E-state index contributed by atoms with van der Waals surface area (Å²) in [6.07, 6.45) is 15.0. The number of nitrogens with one attached hydrogen (secondary N) is 1. The van der Waals surface area contributed by atoms with Crippen molar-refractivity contribution in [2.24, 2.45) is 0 Å². The highest BCUT2D eigenvalue weighted by Crippen LogP contribution is 2.62. The van der Waals surface area contributed by atoms with Gasteiger partial charge in [0.2, 0.25) is 0 Å². The van der Waals surface area contributed by atoms with Crippen molar-refractivity contribution in [3.05, 3.63) is 143 Å². The SMILES string of the molecule is OCCCC1(CC2(CCCO)c3ccccc3-c3nc4ccccc4cc32)C2=C(NC3C=CC=CC3=C2)c2ccccc21. The number of dihydropyridines is 1. The third-order valence-corrected chi connectivity index (χ3v) is 10.2. The fourth-order valence-corrected chi connectivity index (χ4v) is 8.47. The molecule has 1 aromatic heterocycles. The van der Waals surface area contributed by atoms with Gasteiger partial charge in [-0.3, -0.25) is 0 Å². The Hall–Kier alpha value is -4.25. The van der Waals surface area contributed by atoms with Crippen molar-refractivity contribution in [2.75, 3.05) is 13.2 Å². The molecule has 0 saturated heterocycles. The molecule has 8 rings (SSSR count). The predicted molar refractivity (Wildman–Crippen MR) is 174 cm³/mol. The van der Waals surface area contributed by atoms with Crippen LogP contribution < -0.4 is 5.32 Å². The Morgan fingerprint density at radius 2 is 1.44 bits per heavy atom. The van der Waals surface area contributed by atoms with Crippen molar-refractivity contribution in [3.8, 4) is 11.3 Å². The van der Waals surface area contributed by atoms with E-state index in [1.807, 2.05) is 0 Å². The van der Waals surface area contributed by atoms with Gasteiger partial charge in [0.25, 0.3) is 0 Å². The first-order chi connectivity index (χ1) is 21.2. The van der Waals surface area contributed by atoms with Crippen LogP contribution in [0.2, 0.25) is 0 Å². The van der Waals surface area contributed by atoms with Gasteiger partial charge in [-0.25, -0.2) is 4.98 Å². The third kappa shape index (κ3) is 3.86. The molecule has 0 spiro atoms. The molecule has 0 radical (unpaired) electrons. The molecular formula is C39H36N2O2. The molecule has 3 atom stereocenters. The molecule has 4 aliphatic rings. The first-order valence-corrected chi connectivity index (χ1v) is 15.6. The van der Waals surface area contributed by atoms with E-state index in [1.54, 1.807) is 0 Å². The van der Waals surface area contributed by atoms with Crippen molar-refractivity contribution in [2.45, 2.75) is 49.0 Å². The van der Waals surface area contributed by atoms with Crippen LogP contribution in [0.15, 0.2) is 120 Å². The van der Waals surface area contributed by atoms with Crippen LogP contribution in [-0.2, 0) is 10.8 Å². The lowest BCUT2D eigenvalue weighted by atomic mass is 9.59. The summed E-state index contributed by atoms with van der Waals surface area (Å²) in [4.78, 5) is 5.28. The van der Waals surface area contributed by atoms with Crippen molar-refractivity contribution >= 4 is 16.6 Å². The summed E-state index contributed by atoms with van der Waals surface area (Å²) in [7, 11) is 0. The van der Waals surface area contributed by atoms with Gasteiger partial charge in [-0.05, 0) is 72.1 Å². The van der Waals surface area contributed by atoms with E-state index in [2.05, 4.69) is 115 Å². The molecule has 0 fully saturated rings. The van der Waals surface area contributed by atoms with Crippen LogP contribution in [0.5, 0.6) is 0 Å². The molecule has 3 N–H and O–H groups in total. The maximum absolute atomic E-state index is 10.3. The number of nitrogens with zero attached hydrogens (tertiary/aromatic N) is 1. The summed E-state index contributed by atoms with van der Waals surface area (Å²) in [6, 6.07) is 28.6. The first kappa shape index (κ1) is 26.4. The lowest BCUT2D eigenvalue weighted by molar-refractivity contribution is 0.236. The topological polar surface area (TPSA) is 65.4 Å². The number of fused-ring (bicyclic) bond motifs is 7. The maximum Gasteiger partial charge on any atom is 0.0753 e. The summed E-state index contributed by atoms with van der Waals surface area (Å²) in [5, 5.41) is 25.6. The van der Waals surface area contributed by atoms with Gasteiger partial charge in [-0.2, -0.15) is 0 Å². The molecule has 4 aromatic rings. The Morgan fingerprint density at radius 1 is 0.744 bits per heavy atom. The second-order valence-corrected chi connectivity index (χ2v) is 12.5. The standard InChI is InChI=1S/C39H36N2O2/c42-21-9-19-38(30-15-5-3-13-28(30)36-32(38)23-26-11-1-7-17-34(26)40-36)25-39(20-10-22-43)31-16-6-4-14-29(31)37-33(39)24-27-12-2-8-18-35(27)41-37/h1-8,11-18,23-24,34,40,42-43H,9-10,19-22,25H2. The number of aromatic nitrogens is 1. The Balaban J connectivity index is 1.41. The van der Waals surface area contributed by atoms with Crippen LogP contribution in [0.1, 0.15) is 54.4 Å². The van der Waals surface area contributed by atoms with E-state index >= 15 is 0 Å². The fraction of sp³-hybridized carbons (Fsp3) is 0.256. The van der Waals surface area contributed by atoms with Crippen LogP contribution in [0.25, 0.3) is 27.9 Å². The number of aliphatic hydroxyl groups is 2. The summed E-state index contributed by atoms with van der Waals surface area (Å²) in [5.41, 5.74) is 11.5. The highest BCUT2D eigenvalue weighted by Gasteiger charge is 2.54. The Morgan fingerprint density at radius 3 is 2.26 bits per heavy atom.